The van der Waals surface area contributed by atoms with Gasteiger partial charge in [-0.3, -0.25) is 0 Å². The van der Waals surface area contributed by atoms with Crippen molar-refractivity contribution in [3.8, 4) is 11.4 Å². The van der Waals surface area contributed by atoms with Gasteiger partial charge in [0.25, 0.3) is 0 Å². The third-order valence-corrected chi connectivity index (χ3v) is 3.86. The summed E-state index contributed by atoms with van der Waals surface area (Å²) >= 11 is 0. The van der Waals surface area contributed by atoms with E-state index in [4.69, 9.17) is 9.15 Å². The number of ether oxygens (including phenoxy) is 3. The Kier molecular flexibility index (Phi) is 4.75. The summed E-state index contributed by atoms with van der Waals surface area (Å²) in [5.41, 5.74) is -2.39. The lowest BCUT2D eigenvalue weighted by molar-refractivity contribution is -0.140. The molecule has 0 radical (unpaired) electrons. The molecule has 0 aliphatic rings. The summed E-state index contributed by atoms with van der Waals surface area (Å²) in [5, 5.41) is 2.85. The third-order valence-electron chi connectivity index (χ3n) is 3.86. The average Bonchev–Trinajstić information content (AvgIpc) is 3.23. The van der Waals surface area contributed by atoms with E-state index in [1.54, 1.807) is 0 Å². The van der Waals surface area contributed by atoms with Crippen molar-refractivity contribution in [2.45, 2.75) is 6.18 Å². The smallest absolute Gasteiger partial charge is 0.435 e. The molecule has 0 bridgehead atoms. The van der Waals surface area contributed by atoms with E-state index in [1.807, 2.05) is 0 Å². The van der Waals surface area contributed by atoms with Gasteiger partial charge >= 0.3 is 18.1 Å². The number of carbonyl (C=O) groups excluding carboxylic acids is 2. The first kappa shape index (κ1) is 19.3. The van der Waals surface area contributed by atoms with Gasteiger partial charge in [-0.1, -0.05) is 0 Å². The molecular formula is C17H13F3N2O6. The molecule has 0 aliphatic heterocycles. The van der Waals surface area contributed by atoms with Crippen LogP contribution in [0.5, 0.6) is 5.75 Å². The van der Waals surface area contributed by atoms with Gasteiger partial charge in [0.15, 0.2) is 5.69 Å². The van der Waals surface area contributed by atoms with Gasteiger partial charge < -0.3 is 18.6 Å². The van der Waals surface area contributed by atoms with Crippen molar-refractivity contribution >= 4 is 23.0 Å². The number of alkyl halides is 3. The van der Waals surface area contributed by atoms with Gasteiger partial charge in [-0.05, 0) is 24.3 Å². The van der Waals surface area contributed by atoms with Crippen molar-refractivity contribution in [3.05, 3.63) is 41.3 Å². The van der Waals surface area contributed by atoms with Crippen molar-refractivity contribution in [1.82, 2.24) is 9.78 Å². The van der Waals surface area contributed by atoms with Crippen LogP contribution in [0.4, 0.5) is 13.2 Å². The summed E-state index contributed by atoms with van der Waals surface area (Å²) in [7, 11) is 3.39. The maximum Gasteiger partial charge on any atom is 0.435 e. The molecule has 11 heteroatoms. The van der Waals surface area contributed by atoms with E-state index < -0.39 is 46.2 Å². The van der Waals surface area contributed by atoms with Crippen LogP contribution < -0.4 is 4.74 Å². The molecule has 3 rings (SSSR count). The highest BCUT2D eigenvalue weighted by Crippen LogP contribution is 2.39. The van der Waals surface area contributed by atoms with Crippen LogP contribution >= 0.6 is 0 Å². The minimum Gasteiger partial charge on any atom is -0.497 e. The maximum absolute atomic E-state index is 13.6. The number of benzene rings is 1. The summed E-state index contributed by atoms with van der Waals surface area (Å²) in [6, 6.07) is 5.87. The summed E-state index contributed by atoms with van der Waals surface area (Å²) in [4.78, 5) is 24.1. The molecule has 0 amide bonds. The SMILES string of the molecule is COC(=O)c1oc2c(c(C(F)(F)F)nn2-c2ccc(OC)cc2)c1C(=O)OC. The van der Waals surface area contributed by atoms with Crippen LogP contribution in [0, 0.1) is 0 Å². The fourth-order valence-corrected chi connectivity index (χ4v) is 2.61. The van der Waals surface area contributed by atoms with Crippen molar-refractivity contribution in [3.63, 3.8) is 0 Å². The topological polar surface area (TPSA) is 92.8 Å². The van der Waals surface area contributed by atoms with Crippen LogP contribution in [0.2, 0.25) is 0 Å². The Labute approximate surface area is 155 Å². The number of methoxy groups -OCH3 is 3. The molecule has 8 nitrogen and oxygen atoms in total. The van der Waals surface area contributed by atoms with Crippen molar-refractivity contribution in [1.29, 1.82) is 0 Å². The van der Waals surface area contributed by atoms with Gasteiger partial charge in [-0.15, -0.1) is 0 Å². The number of nitrogens with zero attached hydrogens (tertiary/aromatic N) is 2. The molecule has 0 aliphatic carbocycles. The van der Waals surface area contributed by atoms with Crippen LogP contribution in [0.1, 0.15) is 26.6 Å². The van der Waals surface area contributed by atoms with Crippen LogP contribution in [0.25, 0.3) is 16.8 Å². The molecule has 2 aromatic heterocycles. The molecule has 28 heavy (non-hydrogen) atoms. The molecule has 0 saturated heterocycles. The second kappa shape index (κ2) is 6.91. The van der Waals surface area contributed by atoms with E-state index in [0.717, 1.165) is 18.9 Å². The monoisotopic (exact) mass is 398 g/mol. The number of carbonyl (C=O) groups is 2. The first-order chi connectivity index (χ1) is 13.2. The molecule has 0 atom stereocenters. The Bertz CT molecular complexity index is 1050. The lowest BCUT2D eigenvalue weighted by Gasteiger charge is -2.06. The highest BCUT2D eigenvalue weighted by molar-refractivity contribution is 6.11. The largest absolute Gasteiger partial charge is 0.497 e. The molecule has 0 spiro atoms. The molecule has 1 aromatic carbocycles. The van der Waals surface area contributed by atoms with E-state index in [0.29, 0.717) is 5.75 Å². The number of halogens is 3. The van der Waals surface area contributed by atoms with Crippen molar-refractivity contribution in [2.24, 2.45) is 0 Å². The first-order valence-corrected chi connectivity index (χ1v) is 7.66. The molecule has 2 heterocycles. The van der Waals surface area contributed by atoms with Gasteiger partial charge in [0.2, 0.25) is 11.5 Å². The van der Waals surface area contributed by atoms with Gasteiger partial charge in [0.1, 0.15) is 11.3 Å². The third kappa shape index (κ3) is 3.04. The Morgan fingerprint density at radius 2 is 1.64 bits per heavy atom. The summed E-state index contributed by atoms with van der Waals surface area (Å²) in [5.74, 6) is -2.58. The van der Waals surface area contributed by atoms with Crippen LogP contribution in [0.15, 0.2) is 28.7 Å². The molecular weight excluding hydrogens is 385 g/mol. The summed E-state index contributed by atoms with van der Waals surface area (Å²) in [6.45, 7) is 0. The van der Waals surface area contributed by atoms with Crippen molar-refractivity contribution < 1.29 is 41.4 Å². The lowest BCUT2D eigenvalue weighted by atomic mass is 10.1. The molecule has 3 aromatic rings. The maximum atomic E-state index is 13.6. The van der Waals surface area contributed by atoms with Crippen LogP contribution in [-0.2, 0) is 15.7 Å². The highest BCUT2D eigenvalue weighted by Gasteiger charge is 2.43. The zero-order valence-corrected chi connectivity index (χ0v) is 14.8. The zero-order valence-electron chi connectivity index (χ0n) is 14.8. The van der Waals surface area contributed by atoms with Crippen molar-refractivity contribution in [2.75, 3.05) is 21.3 Å². The predicted octanol–water partition coefficient (Wildman–Crippen LogP) is 3.22. The Morgan fingerprint density at radius 1 is 1.04 bits per heavy atom. The summed E-state index contributed by atoms with van der Waals surface area (Å²) < 4.78 is 61.0. The van der Waals surface area contributed by atoms with Gasteiger partial charge in [-0.25, -0.2) is 9.59 Å². The van der Waals surface area contributed by atoms with Gasteiger partial charge in [-0.2, -0.15) is 23.0 Å². The van der Waals surface area contributed by atoms with E-state index in [9.17, 15) is 22.8 Å². The number of furan rings is 1. The number of hydrogen-bond donors (Lipinski definition) is 0. The van der Waals surface area contributed by atoms with E-state index in [-0.39, 0.29) is 5.69 Å². The molecule has 0 saturated carbocycles. The van der Waals surface area contributed by atoms with E-state index >= 15 is 0 Å². The number of esters is 2. The average molecular weight is 398 g/mol. The highest BCUT2D eigenvalue weighted by atomic mass is 19.4. The second-order valence-corrected chi connectivity index (χ2v) is 5.43. The molecule has 148 valence electrons. The van der Waals surface area contributed by atoms with E-state index in [1.165, 1.54) is 31.4 Å². The fraction of sp³-hybridized carbons (Fsp3) is 0.235. The first-order valence-electron chi connectivity index (χ1n) is 7.66. The fourth-order valence-electron chi connectivity index (χ4n) is 2.61. The number of aromatic nitrogens is 2. The second-order valence-electron chi connectivity index (χ2n) is 5.43. The van der Waals surface area contributed by atoms with Gasteiger partial charge in [0, 0.05) is 0 Å². The molecule has 0 unspecified atom stereocenters. The Morgan fingerprint density at radius 3 is 2.14 bits per heavy atom. The predicted molar refractivity (Wildman–Crippen MR) is 87.6 cm³/mol. The zero-order chi connectivity index (χ0) is 20.6. The normalized spacial score (nSPS) is 11.5. The van der Waals surface area contributed by atoms with Gasteiger partial charge in [0.05, 0.1) is 32.4 Å². The Hall–Kier alpha value is -3.50. The number of hydrogen-bond acceptors (Lipinski definition) is 7. The quantitative estimate of drug-likeness (QED) is 0.623. The minimum atomic E-state index is -4.93. The number of fused-ring (bicyclic) bond motifs is 1. The Balaban J connectivity index is 2.39. The van der Waals surface area contributed by atoms with Crippen LogP contribution in [0.3, 0.4) is 0 Å². The number of rotatable bonds is 4. The summed E-state index contributed by atoms with van der Waals surface area (Å²) in [6.07, 6.45) is -4.93. The van der Waals surface area contributed by atoms with E-state index in [2.05, 4.69) is 14.6 Å². The lowest BCUT2D eigenvalue weighted by Crippen LogP contribution is -2.13. The molecule has 0 fully saturated rings. The molecule has 0 N–H and O–H groups in total. The minimum absolute atomic E-state index is 0.183. The van der Waals surface area contributed by atoms with Crippen LogP contribution in [-0.4, -0.2) is 43.0 Å². The standard InChI is InChI=1S/C17H13F3N2O6/c1-25-9-6-4-8(5-7-9)22-14-11(13(21-22)17(18,19)20)10(15(23)26-2)12(28-14)16(24)27-3/h4-7H,1-3H3.